The molecule has 0 saturated heterocycles. The molecule has 0 amide bonds. The molecule has 1 aliphatic rings. The highest BCUT2D eigenvalue weighted by Crippen LogP contribution is 2.34. The molecule has 22 heavy (non-hydrogen) atoms. The Hall–Kier alpha value is -1.87. The Kier molecular flexibility index (Phi) is 4.87. The van der Waals surface area contributed by atoms with Crippen molar-refractivity contribution in [3.63, 3.8) is 0 Å². The second kappa shape index (κ2) is 6.49. The lowest BCUT2D eigenvalue weighted by Crippen LogP contribution is -2.12. The standard InChI is InChI=1S/C16H15F4NO/c1-10(22-15-3-2-11(6-15)9-21)13-4-12(8-17)5-14(7-13)16(18,19)20/h4-7,10,15H,2-3,8H2,1H3/t10-,15+/m1/s1. The number of nitrogens with zero attached hydrogens (tertiary/aromatic N) is 1. The Bertz CT molecular complexity index is 616. The molecule has 118 valence electrons. The molecule has 6 heteroatoms. The number of hydrogen-bond donors (Lipinski definition) is 0. The van der Waals surface area contributed by atoms with Gasteiger partial charge in [0.25, 0.3) is 0 Å². The Morgan fingerprint density at radius 2 is 2.09 bits per heavy atom. The third-order valence-electron chi connectivity index (χ3n) is 3.57. The van der Waals surface area contributed by atoms with Gasteiger partial charge in [-0.15, -0.1) is 0 Å². The van der Waals surface area contributed by atoms with Crippen LogP contribution in [0, 0.1) is 11.3 Å². The molecule has 2 nitrogen and oxygen atoms in total. The van der Waals surface area contributed by atoms with E-state index < -0.39 is 24.5 Å². The van der Waals surface area contributed by atoms with Crippen LogP contribution in [-0.2, 0) is 17.6 Å². The first kappa shape index (κ1) is 16.5. The van der Waals surface area contributed by atoms with Crippen LogP contribution >= 0.6 is 0 Å². The van der Waals surface area contributed by atoms with Crippen molar-refractivity contribution >= 4 is 0 Å². The van der Waals surface area contributed by atoms with E-state index in [1.807, 2.05) is 6.07 Å². The number of benzene rings is 1. The van der Waals surface area contributed by atoms with Crippen molar-refractivity contribution in [2.24, 2.45) is 0 Å². The van der Waals surface area contributed by atoms with E-state index in [9.17, 15) is 17.6 Å². The van der Waals surface area contributed by atoms with Gasteiger partial charge in [0, 0.05) is 5.57 Å². The fraction of sp³-hybridized carbons (Fsp3) is 0.438. The normalized spacial score (nSPS) is 19.6. The van der Waals surface area contributed by atoms with Gasteiger partial charge in [-0.1, -0.05) is 6.07 Å². The molecule has 1 aromatic carbocycles. The Morgan fingerprint density at radius 3 is 2.64 bits per heavy atom. The Labute approximate surface area is 126 Å². The summed E-state index contributed by atoms with van der Waals surface area (Å²) in [5, 5.41) is 8.79. The quantitative estimate of drug-likeness (QED) is 0.743. The second-order valence-corrected chi connectivity index (χ2v) is 5.25. The zero-order chi connectivity index (χ0) is 16.3. The highest BCUT2D eigenvalue weighted by molar-refractivity contribution is 5.33. The minimum atomic E-state index is -4.53. The molecule has 0 heterocycles. The van der Waals surface area contributed by atoms with Gasteiger partial charge in [-0.25, -0.2) is 4.39 Å². The summed E-state index contributed by atoms with van der Waals surface area (Å²) in [5.74, 6) is 0. The molecular weight excluding hydrogens is 298 g/mol. The lowest BCUT2D eigenvalue weighted by molar-refractivity contribution is -0.137. The predicted octanol–water partition coefficient (Wildman–Crippen LogP) is 4.86. The van der Waals surface area contributed by atoms with Crippen molar-refractivity contribution in [3.05, 3.63) is 46.5 Å². The first-order chi connectivity index (χ1) is 10.3. The molecule has 2 atom stereocenters. The van der Waals surface area contributed by atoms with E-state index in [0.717, 1.165) is 12.1 Å². The van der Waals surface area contributed by atoms with E-state index in [2.05, 4.69) is 0 Å². The molecule has 0 aromatic heterocycles. The minimum absolute atomic E-state index is 0.0278. The number of alkyl halides is 4. The van der Waals surface area contributed by atoms with Gasteiger partial charge in [0.2, 0.25) is 0 Å². The van der Waals surface area contributed by atoms with Crippen LogP contribution in [0.4, 0.5) is 17.6 Å². The second-order valence-electron chi connectivity index (χ2n) is 5.25. The fourth-order valence-corrected chi connectivity index (χ4v) is 2.42. The van der Waals surface area contributed by atoms with E-state index in [0.29, 0.717) is 18.4 Å². The molecule has 0 radical (unpaired) electrons. The maximum atomic E-state index is 12.8. The van der Waals surface area contributed by atoms with Crippen molar-refractivity contribution in [1.82, 2.24) is 0 Å². The van der Waals surface area contributed by atoms with E-state index in [1.54, 1.807) is 13.0 Å². The molecule has 2 rings (SSSR count). The lowest BCUT2D eigenvalue weighted by atomic mass is 10.0. The summed E-state index contributed by atoms with van der Waals surface area (Å²) < 4.78 is 57.0. The third-order valence-corrected chi connectivity index (χ3v) is 3.57. The van der Waals surface area contributed by atoms with Crippen LogP contribution in [0.3, 0.4) is 0 Å². The van der Waals surface area contributed by atoms with E-state index >= 15 is 0 Å². The summed E-state index contributed by atoms with van der Waals surface area (Å²) in [6.07, 6.45) is -2.53. The monoisotopic (exact) mass is 313 g/mol. The third kappa shape index (κ3) is 3.86. The van der Waals surface area contributed by atoms with Gasteiger partial charge in [0.15, 0.2) is 0 Å². The van der Waals surface area contributed by atoms with Crippen LogP contribution in [0.2, 0.25) is 0 Å². The summed E-state index contributed by atoms with van der Waals surface area (Å²) in [5.41, 5.74) is -0.0142. The smallest absolute Gasteiger partial charge is 0.366 e. The highest BCUT2D eigenvalue weighted by atomic mass is 19.4. The van der Waals surface area contributed by atoms with Gasteiger partial charge >= 0.3 is 6.18 Å². The number of allylic oxidation sites excluding steroid dienone is 1. The number of rotatable bonds is 4. The van der Waals surface area contributed by atoms with E-state index in [4.69, 9.17) is 10.00 Å². The average molecular weight is 313 g/mol. The Morgan fingerprint density at radius 1 is 1.36 bits per heavy atom. The SMILES string of the molecule is C[C@@H](O[C@@H]1C=C(C#N)CC1)c1cc(CF)cc(C(F)(F)F)c1. The van der Waals surface area contributed by atoms with Gasteiger partial charge in [0.05, 0.1) is 23.8 Å². The molecular formula is C16H15F4NO. The van der Waals surface area contributed by atoms with Gasteiger partial charge in [0.1, 0.15) is 6.67 Å². The number of nitriles is 1. The van der Waals surface area contributed by atoms with E-state index in [1.165, 1.54) is 6.07 Å². The van der Waals surface area contributed by atoms with Crippen LogP contribution in [0.25, 0.3) is 0 Å². The zero-order valence-electron chi connectivity index (χ0n) is 12.0. The first-order valence-corrected chi connectivity index (χ1v) is 6.86. The molecule has 0 saturated carbocycles. The predicted molar refractivity (Wildman–Crippen MR) is 72.5 cm³/mol. The zero-order valence-corrected chi connectivity index (χ0v) is 12.0. The lowest BCUT2D eigenvalue weighted by Gasteiger charge is -2.19. The maximum Gasteiger partial charge on any atom is 0.416 e. The first-order valence-electron chi connectivity index (χ1n) is 6.86. The van der Waals surface area contributed by atoms with Gasteiger partial charge in [-0.05, 0) is 49.1 Å². The fourth-order valence-electron chi connectivity index (χ4n) is 2.42. The van der Waals surface area contributed by atoms with Crippen molar-refractivity contribution in [2.75, 3.05) is 0 Å². The summed E-state index contributed by atoms with van der Waals surface area (Å²) in [6.45, 7) is 0.654. The average Bonchev–Trinajstić information content (AvgIpc) is 2.93. The summed E-state index contributed by atoms with van der Waals surface area (Å²) in [4.78, 5) is 0. The maximum absolute atomic E-state index is 12.8. The van der Waals surface area contributed by atoms with Gasteiger partial charge < -0.3 is 4.74 Å². The van der Waals surface area contributed by atoms with Crippen LogP contribution in [0.5, 0.6) is 0 Å². The summed E-state index contributed by atoms with van der Waals surface area (Å²) in [6, 6.07) is 5.20. The van der Waals surface area contributed by atoms with Crippen molar-refractivity contribution in [1.29, 1.82) is 5.26 Å². The molecule has 0 N–H and O–H groups in total. The van der Waals surface area contributed by atoms with Crippen LogP contribution < -0.4 is 0 Å². The highest BCUT2D eigenvalue weighted by Gasteiger charge is 2.32. The molecule has 0 fully saturated rings. The Balaban J connectivity index is 2.21. The molecule has 0 bridgehead atoms. The molecule has 0 unspecified atom stereocenters. The number of hydrogen-bond acceptors (Lipinski definition) is 2. The molecule has 0 aliphatic heterocycles. The topological polar surface area (TPSA) is 33.0 Å². The van der Waals surface area contributed by atoms with Crippen LogP contribution in [0.15, 0.2) is 29.8 Å². The minimum Gasteiger partial charge on any atom is -0.366 e. The number of halogens is 4. The van der Waals surface area contributed by atoms with Gasteiger partial charge in [-0.2, -0.15) is 18.4 Å². The van der Waals surface area contributed by atoms with Crippen LogP contribution in [0.1, 0.15) is 42.6 Å². The van der Waals surface area contributed by atoms with E-state index in [-0.39, 0.29) is 17.2 Å². The molecule has 1 aromatic rings. The largest absolute Gasteiger partial charge is 0.416 e. The molecule has 0 spiro atoms. The summed E-state index contributed by atoms with van der Waals surface area (Å²) in [7, 11) is 0. The van der Waals surface area contributed by atoms with Crippen molar-refractivity contribution in [2.45, 2.75) is 44.8 Å². The number of ether oxygens (including phenoxy) is 1. The molecule has 1 aliphatic carbocycles. The summed E-state index contributed by atoms with van der Waals surface area (Å²) >= 11 is 0. The van der Waals surface area contributed by atoms with Crippen LogP contribution in [-0.4, -0.2) is 6.10 Å². The van der Waals surface area contributed by atoms with Gasteiger partial charge in [-0.3, -0.25) is 0 Å². The van der Waals surface area contributed by atoms with Crippen molar-refractivity contribution < 1.29 is 22.3 Å². The van der Waals surface area contributed by atoms with Crippen molar-refractivity contribution in [3.8, 4) is 6.07 Å².